The van der Waals surface area contributed by atoms with Crippen molar-refractivity contribution in [1.82, 2.24) is 15.1 Å². The zero-order chi connectivity index (χ0) is 14.7. The van der Waals surface area contributed by atoms with Gasteiger partial charge in [-0.1, -0.05) is 26.0 Å². The third-order valence-electron chi connectivity index (χ3n) is 3.22. The second-order valence-corrected chi connectivity index (χ2v) is 5.67. The minimum absolute atomic E-state index is 0.186. The lowest BCUT2D eigenvalue weighted by atomic mass is 10.1. The molecule has 3 nitrogen and oxygen atoms in total. The first-order valence-corrected chi connectivity index (χ1v) is 6.97. The van der Waals surface area contributed by atoms with Crippen LogP contribution in [0, 0.1) is 18.7 Å². The Morgan fingerprint density at radius 2 is 2.10 bits per heavy atom. The average Bonchev–Trinajstić information content (AvgIpc) is 2.73. The van der Waals surface area contributed by atoms with E-state index in [4.69, 9.17) is 0 Å². The fourth-order valence-corrected chi connectivity index (χ4v) is 2.15. The van der Waals surface area contributed by atoms with E-state index >= 15 is 0 Å². The molecule has 108 valence electrons. The summed E-state index contributed by atoms with van der Waals surface area (Å²) < 4.78 is 15.5. The second-order valence-electron chi connectivity index (χ2n) is 5.67. The smallest absolute Gasteiger partial charge is 0.126 e. The predicted molar refractivity (Wildman–Crippen MR) is 79.9 cm³/mol. The number of nitrogens with one attached hydrogen (secondary N) is 1. The SMILES string of the molecule is Cc1ccc(-c2nn(C)cc2CNCC(C)C)cc1F. The summed E-state index contributed by atoms with van der Waals surface area (Å²) in [6, 6.07) is 5.28. The number of nitrogens with zero attached hydrogens (tertiary/aromatic N) is 2. The van der Waals surface area contributed by atoms with Gasteiger partial charge in [0, 0.05) is 30.9 Å². The number of aryl methyl sites for hydroxylation is 2. The van der Waals surface area contributed by atoms with Crippen molar-refractivity contribution in [3.8, 4) is 11.3 Å². The molecule has 4 heteroatoms. The van der Waals surface area contributed by atoms with Crippen LogP contribution in [0.15, 0.2) is 24.4 Å². The minimum Gasteiger partial charge on any atom is -0.312 e. The fraction of sp³-hybridized carbons (Fsp3) is 0.438. The van der Waals surface area contributed by atoms with E-state index in [-0.39, 0.29) is 5.82 Å². The van der Waals surface area contributed by atoms with Gasteiger partial charge >= 0.3 is 0 Å². The van der Waals surface area contributed by atoms with E-state index < -0.39 is 0 Å². The molecule has 0 aliphatic heterocycles. The van der Waals surface area contributed by atoms with Gasteiger partial charge in [-0.25, -0.2) is 4.39 Å². The topological polar surface area (TPSA) is 29.9 Å². The van der Waals surface area contributed by atoms with Gasteiger partial charge in [0.1, 0.15) is 5.82 Å². The van der Waals surface area contributed by atoms with Gasteiger partial charge in [-0.3, -0.25) is 4.68 Å². The molecule has 1 N–H and O–H groups in total. The van der Waals surface area contributed by atoms with Crippen LogP contribution in [0.4, 0.5) is 4.39 Å². The van der Waals surface area contributed by atoms with Crippen molar-refractivity contribution in [1.29, 1.82) is 0 Å². The van der Waals surface area contributed by atoms with Crippen molar-refractivity contribution in [3.63, 3.8) is 0 Å². The first-order valence-electron chi connectivity index (χ1n) is 6.97. The maximum Gasteiger partial charge on any atom is 0.126 e. The lowest BCUT2D eigenvalue weighted by molar-refractivity contribution is 0.552. The lowest BCUT2D eigenvalue weighted by Crippen LogP contribution is -2.19. The summed E-state index contributed by atoms with van der Waals surface area (Å²) in [4.78, 5) is 0. The van der Waals surface area contributed by atoms with E-state index in [1.54, 1.807) is 23.7 Å². The molecule has 0 saturated carbocycles. The summed E-state index contributed by atoms with van der Waals surface area (Å²) in [5.41, 5.74) is 3.43. The largest absolute Gasteiger partial charge is 0.312 e. The third kappa shape index (κ3) is 3.45. The molecule has 0 aliphatic carbocycles. The van der Waals surface area contributed by atoms with E-state index in [0.717, 1.165) is 29.9 Å². The Morgan fingerprint density at radius 1 is 1.35 bits per heavy atom. The lowest BCUT2D eigenvalue weighted by Gasteiger charge is -2.08. The first-order chi connectivity index (χ1) is 9.47. The molecule has 1 aromatic heterocycles. The molecule has 0 amide bonds. The van der Waals surface area contributed by atoms with Crippen molar-refractivity contribution < 1.29 is 4.39 Å². The Labute approximate surface area is 119 Å². The van der Waals surface area contributed by atoms with E-state index in [2.05, 4.69) is 24.3 Å². The number of aromatic nitrogens is 2. The maximum atomic E-state index is 13.7. The summed E-state index contributed by atoms with van der Waals surface area (Å²) in [6.45, 7) is 7.81. The summed E-state index contributed by atoms with van der Waals surface area (Å²) in [5.74, 6) is 0.418. The van der Waals surface area contributed by atoms with Crippen molar-refractivity contribution in [2.24, 2.45) is 13.0 Å². The number of halogens is 1. The Hall–Kier alpha value is -1.68. The molecule has 20 heavy (non-hydrogen) atoms. The summed E-state index contributed by atoms with van der Waals surface area (Å²) in [7, 11) is 1.89. The first kappa shape index (κ1) is 14.7. The number of hydrogen-bond donors (Lipinski definition) is 1. The van der Waals surface area contributed by atoms with Crippen molar-refractivity contribution in [3.05, 3.63) is 41.3 Å². The Balaban J connectivity index is 2.24. The summed E-state index contributed by atoms with van der Waals surface area (Å²) in [5, 5.41) is 7.86. The van der Waals surface area contributed by atoms with Crippen LogP contribution in [-0.2, 0) is 13.6 Å². The number of rotatable bonds is 5. The van der Waals surface area contributed by atoms with Crippen LogP contribution in [-0.4, -0.2) is 16.3 Å². The van der Waals surface area contributed by atoms with Crippen molar-refractivity contribution in [2.45, 2.75) is 27.3 Å². The standard InChI is InChI=1S/C16H22FN3/c1-11(2)8-18-9-14-10-20(4)19-16(14)13-6-5-12(3)15(17)7-13/h5-7,10-11,18H,8-9H2,1-4H3. The van der Waals surface area contributed by atoms with Crippen LogP contribution in [0.25, 0.3) is 11.3 Å². The maximum absolute atomic E-state index is 13.7. The van der Waals surface area contributed by atoms with E-state index in [9.17, 15) is 4.39 Å². The molecule has 0 spiro atoms. The average molecular weight is 275 g/mol. The van der Waals surface area contributed by atoms with Gasteiger partial charge in [0.15, 0.2) is 0 Å². The van der Waals surface area contributed by atoms with Crippen molar-refractivity contribution in [2.75, 3.05) is 6.54 Å². The van der Waals surface area contributed by atoms with Gasteiger partial charge < -0.3 is 5.32 Å². The van der Waals surface area contributed by atoms with Crippen LogP contribution >= 0.6 is 0 Å². The predicted octanol–water partition coefficient (Wildman–Crippen LogP) is 3.28. The molecule has 2 aromatic rings. The minimum atomic E-state index is -0.186. The normalized spacial score (nSPS) is 11.3. The Kier molecular flexibility index (Phi) is 4.55. The molecular formula is C16H22FN3. The van der Waals surface area contributed by atoms with Crippen LogP contribution in [0.1, 0.15) is 25.0 Å². The molecule has 0 unspecified atom stereocenters. The van der Waals surface area contributed by atoms with Crippen LogP contribution in [0.2, 0.25) is 0 Å². The molecule has 1 aromatic carbocycles. The van der Waals surface area contributed by atoms with Crippen LogP contribution in [0.5, 0.6) is 0 Å². The molecule has 0 aliphatic rings. The Morgan fingerprint density at radius 3 is 2.75 bits per heavy atom. The highest BCUT2D eigenvalue weighted by molar-refractivity contribution is 5.63. The molecule has 1 heterocycles. The van der Waals surface area contributed by atoms with Crippen LogP contribution in [0.3, 0.4) is 0 Å². The molecule has 2 rings (SSSR count). The van der Waals surface area contributed by atoms with Crippen molar-refractivity contribution >= 4 is 0 Å². The third-order valence-corrected chi connectivity index (χ3v) is 3.22. The highest BCUT2D eigenvalue weighted by atomic mass is 19.1. The second kappa shape index (κ2) is 6.18. The molecule has 0 bridgehead atoms. The highest BCUT2D eigenvalue weighted by Gasteiger charge is 2.11. The van der Waals surface area contributed by atoms with Crippen LogP contribution < -0.4 is 5.32 Å². The van der Waals surface area contributed by atoms with Gasteiger partial charge in [-0.2, -0.15) is 5.10 Å². The zero-order valence-corrected chi connectivity index (χ0v) is 12.6. The summed E-state index contributed by atoms with van der Waals surface area (Å²) >= 11 is 0. The number of benzene rings is 1. The van der Waals surface area contributed by atoms with Gasteiger partial charge in [-0.15, -0.1) is 0 Å². The van der Waals surface area contributed by atoms with Gasteiger partial charge in [0.25, 0.3) is 0 Å². The Bertz CT molecular complexity index is 587. The van der Waals surface area contributed by atoms with Gasteiger partial charge in [-0.05, 0) is 31.0 Å². The summed E-state index contributed by atoms with van der Waals surface area (Å²) in [6.07, 6.45) is 1.99. The fourth-order valence-electron chi connectivity index (χ4n) is 2.15. The quantitative estimate of drug-likeness (QED) is 0.907. The molecule has 0 atom stereocenters. The molecule has 0 fully saturated rings. The molecular weight excluding hydrogens is 253 g/mol. The monoisotopic (exact) mass is 275 g/mol. The molecule has 0 radical (unpaired) electrons. The van der Waals surface area contributed by atoms with E-state index in [1.807, 2.05) is 19.3 Å². The van der Waals surface area contributed by atoms with Gasteiger partial charge in [0.2, 0.25) is 0 Å². The van der Waals surface area contributed by atoms with E-state index in [1.165, 1.54) is 0 Å². The van der Waals surface area contributed by atoms with E-state index in [0.29, 0.717) is 11.5 Å². The molecule has 0 saturated heterocycles. The van der Waals surface area contributed by atoms with Gasteiger partial charge in [0.05, 0.1) is 5.69 Å². The zero-order valence-electron chi connectivity index (χ0n) is 12.6. The number of hydrogen-bond acceptors (Lipinski definition) is 2. The highest BCUT2D eigenvalue weighted by Crippen LogP contribution is 2.23.